The lowest BCUT2D eigenvalue weighted by molar-refractivity contribution is 0.132. The number of piperidine rings is 1. The number of hydrogen-bond donors (Lipinski definition) is 1. The first-order valence-corrected chi connectivity index (χ1v) is 8.37. The Labute approximate surface area is 113 Å². The fourth-order valence-corrected chi connectivity index (χ4v) is 3.74. The molecule has 3 aliphatic rings. The van der Waals surface area contributed by atoms with E-state index in [1.807, 2.05) is 0 Å². The third kappa shape index (κ3) is 3.27. The van der Waals surface area contributed by atoms with E-state index in [2.05, 4.69) is 17.1 Å². The smallest absolute Gasteiger partial charge is 0.0195 e. The van der Waals surface area contributed by atoms with Gasteiger partial charge in [0.15, 0.2) is 0 Å². The standard InChI is InChI=1S/C16H30N2/c1-2-5-16(13-7-8-13)18(15-9-10-15)12-14-6-3-4-11-17-14/h13-17H,2-12H2,1H3. The van der Waals surface area contributed by atoms with E-state index < -0.39 is 0 Å². The Bertz CT molecular complexity index is 252. The lowest BCUT2D eigenvalue weighted by Gasteiger charge is -2.36. The molecule has 2 nitrogen and oxygen atoms in total. The van der Waals surface area contributed by atoms with Gasteiger partial charge in [-0.3, -0.25) is 4.90 Å². The van der Waals surface area contributed by atoms with Crippen LogP contribution in [-0.4, -0.2) is 36.1 Å². The van der Waals surface area contributed by atoms with E-state index in [9.17, 15) is 0 Å². The molecule has 0 aromatic heterocycles. The van der Waals surface area contributed by atoms with Gasteiger partial charge in [0.05, 0.1) is 0 Å². The minimum atomic E-state index is 0.789. The minimum absolute atomic E-state index is 0.789. The van der Waals surface area contributed by atoms with Gasteiger partial charge in [0.25, 0.3) is 0 Å². The Morgan fingerprint density at radius 2 is 1.94 bits per heavy atom. The van der Waals surface area contributed by atoms with Crippen LogP contribution in [0.1, 0.15) is 64.7 Å². The highest BCUT2D eigenvalue weighted by molar-refractivity contribution is 4.96. The molecule has 3 fully saturated rings. The van der Waals surface area contributed by atoms with E-state index >= 15 is 0 Å². The first kappa shape index (κ1) is 12.9. The van der Waals surface area contributed by atoms with Crippen molar-refractivity contribution in [1.82, 2.24) is 10.2 Å². The van der Waals surface area contributed by atoms with Crippen LogP contribution >= 0.6 is 0 Å². The van der Waals surface area contributed by atoms with Crippen molar-refractivity contribution in [1.29, 1.82) is 0 Å². The molecule has 0 radical (unpaired) electrons. The van der Waals surface area contributed by atoms with Crippen molar-refractivity contribution in [3.05, 3.63) is 0 Å². The molecule has 2 atom stereocenters. The van der Waals surface area contributed by atoms with E-state index in [4.69, 9.17) is 0 Å². The van der Waals surface area contributed by atoms with Crippen molar-refractivity contribution in [2.45, 2.75) is 82.8 Å². The van der Waals surface area contributed by atoms with Gasteiger partial charge >= 0.3 is 0 Å². The maximum Gasteiger partial charge on any atom is 0.0195 e. The average molecular weight is 250 g/mol. The summed E-state index contributed by atoms with van der Waals surface area (Å²) < 4.78 is 0. The van der Waals surface area contributed by atoms with Crippen LogP contribution in [-0.2, 0) is 0 Å². The minimum Gasteiger partial charge on any atom is -0.313 e. The van der Waals surface area contributed by atoms with Crippen LogP contribution in [0.4, 0.5) is 0 Å². The lowest BCUT2D eigenvalue weighted by atomic mass is 10.0. The van der Waals surface area contributed by atoms with E-state index in [1.165, 1.54) is 70.9 Å². The van der Waals surface area contributed by atoms with Crippen LogP contribution < -0.4 is 5.32 Å². The molecular weight excluding hydrogens is 220 g/mol. The molecule has 0 spiro atoms. The normalized spacial score (nSPS) is 30.7. The zero-order valence-corrected chi connectivity index (χ0v) is 12.0. The van der Waals surface area contributed by atoms with Crippen molar-refractivity contribution in [3.63, 3.8) is 0 Å². The number of nitrogens with one attached hydrogen (secondary N) is 1. The quantitative estimate of drug-likeness (QED) is 0.746. The molecule has 1 saturated heterocycles. The molecule has 2 unspecified atom stereocenters. The average Bonchev–Trinajstić information content (AvgIpc) is 3.28. The topological polar surface area (TPSA) is 15.3 Å². The van der Waals surface area contributed by atoms with Gasteiger partial charge < -0.3 is 5.32 Å². The summed E-state index contributed by atoms with van der Waals surface area (Å²) >= 11 is 0. The predicted molar refractivity (Wildman–Crippen MR) is 76.8 cm³/mol. The van der Waals surface area contributed by atoms with Crippen molar-refractivity contribution >= 4 is 0 Å². The molecule has 2 saturated carbocycles. The Balaban J connectivity index is 1.58. The van der Waals surface area contributed by atoms with Gasteiger partial charge in [-0.05, 0) is 57.4 Å². The van der Waals surface area contributed by atoms with Crippen LogP contribution in [0.2, 0.25) is 0 Å². The van der Waals surface area contributed by atoms with E-state index in [1.54, 1.807) is 0 Å². The SMILES string of the molecule is CCCC(C1CC1)N(CC1CCCCN1)C1CC1. The maximum atomic E-state index is 3.75. The van der Waals surface area contributed by atoms with Gasteiger partial charge in [0.2, 0.25) is 0 Å². The van der Waals surface area contributed by atoms with Crippen molar-refractivity contribution in [2.75, 3.05) is 13.1 Å². The zero-order chi connectivity index (χ0) is 12.4. The Hall–Kier alpha value is -0.0800. The van der Waals surface area contributed by atoms with Gasteiger partial charge in [-0.2, -0.15) is 0 Å². The molecule has 0 bridgehead atoms. The highest BCUT2D eigenvalue weighted by atomic mass is 15.2. The third-order valence-electron chi connectivity index (χ3n) is 5.04. The van der Waals surface area contributed by atoms with Crippen molar-refractivity contribution in [3.8, 4) is 0 Å². The predicted octanol–water partition coefficient (Wildman–Crippen LogP) is 3.17. The fourth-order valence-electron chi connectivity index (χ4n) is 3.74. The summed E-state index contributed by atoms with van der Waals surface area (Å²) in [6.45, 7) is 4.95. The van der Waals surface area contributed by atoms with Crippen LogP contribution in [0.5, 0.6) is 0 Å². The molecule has 1 N–H and O–H groups in total. The Kier molecular flexibility index (Phi) is 4.25. The first-order valence-electron chi connectivity index (χ1n) is 8.37. The number of nitrogens with zero attached hydrogens (tertiary/aromatic N) is 1. The summed E-state index contributed by atoms with van der Waals surface area (Å²) in [7, 11) is 0. The molecule has 0 amide bonds. The van der Waals surface area contributed by atoms with Gasteiger partial charge in [-0.1, -0.05) is 19.8 Å². The molecule has 2 aliphatic carbocycles. The van der Waals surface area contributed by atoms with Crippen LogP contribution in [0.25, 0.3) is 0 Å². The number of rotatable bonds is 7. The van der Waals surface area contributed by atoms with E-state index in [0.717, 1.165) is 24.0 Å². The molecular formula is C16H30N2. The first-order chi connectivity index (χ1) is 8.88. The molecule has 2 heteroatoms. The van der Waals surface area contributed by atoms with Crippen molar-refractivity contribution in [2.24, 2.45) is 5.92 Å². The summed E-state index contributed by atoms with van der Waals surface area (Å²) in [6, 6.07) is 2.66. The second kappa shape index (κ2) is 5.92. The van der Waals surface area contributed by atoms with Crippen molar-refractivity contribution < 1.29 is 0 Å². The van der Waals surface area contributed by atoms with Crippen LogP contribution in [0.15, 0.2) is 0 Å². The maximum absolute atomic E-state index is 3.75. The zero-order valence-electron chi connectivity index (χ0n) is 12.0. The highest BCUT2D eigenvalue weighted by Gasteiger charge is 2.41. The fraction of sp³-hybridized carbons (Fsp3) is 1.00. The molecule has 0 aromatic carbocycles. The summed E-state index contributed by atoms with van der Waals surface area (Å²) in [5.74, 6) is 1.05. The number of hydrogen-bond acceptors (Lipinski definition) is 2. The molecule has 0 aromatic rings. The lowest BCUT2D eigenvalue weighted by Crippen LogP contribution is -2.48. The van der Waals surface area contributed by atoms with Gasteiger partial charge in [0.1, 0.15) is 0 Å². The second-order valence-electron chi connectivity index (χ2n) is 6.77. The second-order valence-corrected chi connectivity index (χ2v) is 6.77. The Morgan fingerprint density at radius 3 is 2.50 bits per heavy atom. The molecule has 1 heterocycles. The van der Waals surface area contributed by atoms with E-state index in [-0.39, 0.29) is 0 Å². The van der Waals surface area contributed by atoms with Gasteiger partial charge in [-0.15, -0.1) is 0 Å². The molecule has 104 valence electrons. The third-order valence-corrected chi connectivity index (χ3v) is 5.04. The molecule has 18 heavy (non-hydrogen) atoms. The summed E-state index contributed by atoms with van der Waals surface area (Å²) in [6.07, 6.45) is 13.0. The Morgan fingerprint density at radius 1 is 1.11 bits per heavy atom. The highest BCUT2D eigenvalue weighted by Crippen LogP contribution is 2.41. The van der Waals surface area contributed by atoms with E-state index in [0.29, 0.717) is 0 Å². The monoisotopic (exact) mass is 250 g/mol. The van der Waals surface area contributed by atoms with Gasteiger partial charge in [-0.25, -0.2) is 0 Å². The molecule has 1 aliphatic heterocycles. The van der Waals surface area contributed by atoms with Gasteiger partial charge in [0, 0.05) is 24.7 Å². The summed E-state index contributed by atoms with van der Waals surface area (Å²) in [5, 5.41) is 3.75. The summed E-state index contributed by atoms with van der Waals surface area (Å²) in [5.41, 5.74) is 0. The molecule has 3 rings (SSSR count). The summed E-state index contributed by atoms with van der Waals surface area (Å²) in [4.78, 5) is 2.92. The van der Waals surface area contributed by atoms with Crippen LogP contribution in [0, 0.1) is 5.92 Å². The van der Waals surface area contributed by atoms with Crippen LogP contribution in [0.3, 0.4) is 0 Å². The largest absolute Gasteiger partial charge is 0.313 e.